The summed E-state index contributed by atoms with van der Waals surface area (Å²) in [6, 6.07) is 6.80. The van der Waals surface area contributed by atoms with Crippen molar-refractivity contribution in [2.24, 2.45) is 0 Å². The van der Waals surface area contributed by atoms with Gasteiger partial charge in [-0.15, -0.1) is 0 Å². The minimum absolute atomic E-state index is 0.174. The summed E-state index contributed by atoms with van der Waals surface area (Å²) >= 11 is 0. The third-order valence-electron chi connectivity index (χ3n) is 2.45. The van der Waals surface area contributed by atoms with E-state index < -0.39 is 0 Å². The van der Waals surface area contributed by atoms with E-state index in [-0.39, 0.29) is 18.2 Å². The number of rotatable bonds is 0. The molecule has 0 atom stereocenters. The number of hydrogen-bond donors (Lipinski definition) is 1. The highest BCUT2D eigenvalue weighted by atomic mass is 16.2. The minimum Gasteiger partial charge on any atom is -0.324 e. The van der Waals surface area contributed by atoms with E-state index >= 15 is 0 Å². The van der Waals surface area contributed by atoms with Gasteiger partial charge in [-0.1, -0.05) is 0 Å². The van der Waals surface area contributed by atoms with Crippen LogP contribution < -0.4 is 10.2 Å². The third kappa shape index (κ3) is 1.61. The number of fused-ring (bicyclic) bond motifs is 1. The van der Waals surface area contributed by atoms with Crippen LogP contribution in [-0.2, 0) is 9.59 Å². The Kier molecular flexibility index (Phi) is 2.33. The lowest BCUT2D eigenvalue weighted by molar-refractivity contribution is -0.124. The Hall–Kier alpha value is -2.35. The maximum atomic E-state index is 11.5. The molecule has 0 unspecified atom stereocenters. The van der Waals surface area contributed by atoms with Crippen molar-refractivity contribution in [3.63, 3.8) is 0 Å². The molecule has 1 aromatic rings. The molecule has 5 nitrogen and oxygen atoms in total. The van der Waals surface area contributed by atoms with Crippen molar-refractivity contribution in [3.05, 3.63) is 23.8 Å². The van der Waals surface area contributed by atoms with Gasteiger partial charge in [0.05, 0.1) is 23.0 Å². The molecule has 0 radical (unpaired) electrons. The summed E-state index contributed by atoms with van der Waals surface area (Å²) in [5.41, 5.74) is 1.55. The van der Waals surface area contributed by atoms with Gasteiger partial charge >= 0.3 is 0 Å². The predicted molar refractivity (Wildman–Crippen MR) is 57.8 cm³/mol. The van der Waals surface area contributed by atoms with Crippen molar-refractivity contribution in [3.8, 4) is 6.07 Å². The number of hydrogen-bond acceptors (Lipinski definition) is 3. The van der Waals surface area contributed by atoms with E-state index in [1.165, 1.54) is 4.90 Å². The quantitative estimate of drug-likeness (QED) is 0.652. The molecule has 2 amide bonds. The Labute approximate surface area is 92.3 Å². The Morgan fingerprint density at radius 1 is 1.44 bits per heavy atom. The van der Waals surface area contributed by atoms with Crippen LogP contribution in [0.4, 0.5) is 11.4 Å². The fourth-order valence-corrected chi connectivity index (χ4v) is 1.58. The minimum atomic E-state index is -0.356. The zero-order chi connectivity index (χ0) is 11.7. The molecule has 0 saturated carbocycles. The number of carbonyl (C=O) groups is 2. The Bertz CT molecular complexity index is 516. The maximum absolute atomic E-state index is 11.5. The van der Waals surface area contributed by atoms with Crippen LogP contribution in [0.1, 0.15) is 12.0 Å². The molecule has 0 aromatic heterocycles. The van der Waals surface area contributed by atoms with Gasteiger partial charge in [-0.3, -0.25) is 9.59 Å². The second-order valence-corrected chi connectivity index (χ2v) is 3.52. The largest absolute Gasteiger partial charge is 0.324 e. The molecule has 1 aliphatic heterocycles. The average molecular weight is 215 g/mol. The van der Waals surface area contributed by atoms with Gasteiger partial charge in [-0.05, 0) is 18.2 Å². The summed E-state index contributed by atoms with van der Waals surface area (Å²) in [5, 5.41) is 11.4. The molecule has 0 spiro atoms. The fraction of sp³-hybridized carbons (Fsp3) is 0.182. The van der Waals surface area contributed by atoms with Crippen LogP contribution in [0.25, 0.3) is 0 Å². The van der Waals surface area contributed by atoms with Gasteiger partial charge in [-0.2, -0.15) is 5.26 Å². The van der Waals surface area contributed by atoms with Crippen LogP contribution in [0.3, 0.4) is 0 Å². The highest BCUT2D eigenvalue weighted by molar-refractivity contribution is 6.14. The summed E-state index contributed by atoms with van der Waals surface area (Å²) in [7, 11) is 1.60. The Morgan fingerprint density at radius 2 is 2.19 bits per heavy atom. The zero-order valence-corrected chi connectivity index (χ0v) is 8.65. The molecule has 5 heteroatoms. The van der Waals surface area contributed by atoms with E-state index in [2.05, 4.69) is 5.32 Å². The molecule has 1 N–H and O–H groups in total. The van der Waals surface area contributed by atoms with Gasteiger partial charge in [0.15, 0.2) is 0 Å². The summed E-state index contributed by atoms with van der Waals surface area (Å²) < 4.78 is 0. The van der Waals surface area contributed by atoms with Crippen LogP contribution >= 0.6 is 0 Å². The van der Waals surface area contributed by atoms with Crippen LogP contribution in [-0.4, -0.2) is 18.9 Å². The van der Waals surface area contributed by atoms with Gasteiger partial charge < -0.3 is 10.2 Å². The monoisotopic (exact) mass is 215 g/mol. The predicted octanol–water partition coefficient (Wildman–Crippen LogP) is 0.863. The number of amides is 2. The standard InChI is InChI=1S/C11H9N3O2/c1-14-9-3-2-7(6-12)4-8(9)13-10(15)5-11(14)16/h2-4H,5H2,1H3,(H,13,15). The topological polar surface area (TPSA) is 73.2 Å². The first-order valence-corrected chi connectivity index (χ1v) is 4.72. The first-order valence-electron chi connectivity index (χ1n) is 4.72. The lowest BCUT2D eigenvalue weighted by Gasteiger charge is -2.16. The lowest BCUT2D eigenvalue weighted by atomic mass is 10.2. The number of nitrogens with zero attached hydrogens (tertiary/aromatic N) is 2. The van der Waals surface area contributed by atoms with Gasteiger partial charge in [0.25, 0.3) is 0 Å². The first kappa shape index (κ1) is 10.2. The second kappa shape index (κ2) is 3.66. The average Bonchev–Trinajstić information content (AvgIpc) is 2.36. The first-order chi connectivity index (χ1) is 7.61. The number of carbonyl (C=O) groups excluding carboxylic acids is 2. The van der Waals surface area contributed by atoms with Crippen LogP contribution in [0.2, 0.25) is 0 Å². The van der Waals surface area contributed by atoms with E-state index in [4.69, 9.17) is 5.26 Å². The molecule has 0 saturated heterocycles. The Balaban J connectivity index is 2.55. The summed E-state index contributed by atoms with van der Waals surface area (Å²) in [6.07, 6.45) is -0.174. The number of anilines is 2. The van der Waals surface area contributed by atoms with Crippen LogP contribution in [0.15, 0.2) is 18.2 Å². The summed E-state index contributed by atoms with van der Waals surface area (Å²) in [5.74, 6) is -0.619. The summed E-state index contributed by atoms with van der Waals surface area (Å²) in [4.78, 5) is 24.3. The zero-order valence-electron chi connectivity index (χ0n) is 8.65. The second-order valence-electron chi connectivity index (χ2n) is 3.52. The van der Waals surface area contributed by atoms with Crippen molar-refractivity contribution in [1.82, 2.24) is 0 Å². The Morgan fingerprint density at radius 3 is 2.88 bits per heavy atom. The molecular weight excluding hydrogens is 206 g/mol. The van der Waals surface area contributed by atoms with E-state index in [1.807, 2.05) is 6.07 Å². The highest BCUT2D eigenvalue weighted by Crippen LogP contribution is 2.28. The van der Waals surface area contributed by atoms with Gasteiger partial charge in [-0.25, -0.2) is 0 Å². The molecule has 16 heavy (non-hydrogen) atoms. The molecule has 80 valence electrons. The van der Waals surface area contributed by atoms with Crippen molar-refractivity contribution in [2.75, 3.05) is 17.3 Å². The maximum Gasteiger partial charge on any atom is 0.236 e. The van der Waals surface area contributed by atoms with Crippen molar-refractivity contribution in [2.45, 2.75) is 6.42 Å². The van der Waals surface area contributed by atoms with Crippen molar-refractivity contribution in [1.29, 1.82) is 5.26 Å². The smallest absolute Gasteiger partial charge is 0.236 e. The van der Waals surface area contributed by atoms with E-state index in [0.29, 0.717) is 16.9 Å². The van der Waals surface area contributed by atoms with E-state index in [9.17, 15) is 9.59 Å². The van der Waals surface area contributed by atoms with Crippen LogP contribution in [0.5, 0.6) is 0 Å². The van der Waals surface area contributed by atoms with E-state index in [0.717, 1.165) is 0 Å². The van der Waals surface area contributed by atoms with Crippen molar-refractivity contribution >= 4 is 23.2 Å². The van der Waals surface area contributed by atoms with E-state index in [1.54, 1.807) is 25.2 Å². The molecule has 0 aliphatic carbocycles. The summed E-state index contributed by atoms with van der Waals surface area (Å²) in [6.45, 7) is 0. The number of nitrogens with one attached hydrogen (secondary N) is 1. The van der Waals surface area contributed by atoms with Gasteiger partial charge in [0.2, 0.25) is 11.8 Å². The SMILES string of the molecule is CN1C(=O)CC(=O)Nc2cc(C#N)ccc21. The number of nitriles is 1. The molecular formula is C11H9N3O2. The molecule has 2 rings (SSSR count). The van der Waals surface area contributed by atoms with Gasteiger partial charge in [0.1, 0.15) is 6.42 Å². The fourth-order valence-electron chi connectivity index (χ4n) is 1.58. The van der Waals surface area contributed by atoms with Crippen molar-refractivity contribution < 1.29 is 9.59 Å². The lowest BCUT2D eigenvalue weighted by Crippen LogP contribution is -2.26. The molecule has 0 fully saturated rings. The molecule has 1 aromatic carbocycles. The van der Waals surface area contributed by atoms with Gasteiger partial charge in [0, 0.05) is 7.05 Å². The van der Waals surface area contributed by atoms with Crippen LogP contribution in [0, 0.1) is 11.3 Å². The third-order valence-corrected chi connectivity index (χ3v) is 2.45. The molecule has 1 heterocycles. The molecule has 0 bridgehead atoms. The number of benzene rings is 1. The molecule has 1 aliphatic rings. The highest BCUT2D eigenvalue weighted by Gasteiger charge is 2.23. The normalized spacial score (nSPS) is 14.9.